The number of hydrogen-bond donors (Lipinski definition) is 1. The van der Waals surface area contributed by atoms with E-state index >= 15 is 0 Å². The van der Waals surface area contributed by atoms with E-state index in [0.29, 0.717) is 0 Å². The molecule has 0 amide bonds. The van der Waals surface area contributed by atoms with Gasteiger partial charge in [0.05, 0.1) is 11.6 Å². The number of rotatable bonds is 4. The molecular weight excluding hydrogens is 264 g/mol. The molecule has 20 heavy (non-hydrogen) atoms. The molecule has 3 heteroatoms. The third-order valence-corrected chi connectivity index (χ3v) is 4.65. The van der Waals surface area contributed by atoms with Crippen LogP contribution in [-0.4, -0.2) is 11.5 Å². The molecule has 0 saturated heterocycles. The molecule has 0 spiro atoms. The van der Waals surface area contributed by atoms with Gasteiger partial charge in [-0.05, 0) is 48.2 Å². The number of pyridine rings is 1. The predicted molar refractivity (Wildman–Crippen MR) is 86.3 cm³/mol. The van der Waals surface area contributed by atoms with E-state index in [1.54, 1.807) is 0 Å². The molecule has 0 aliphatic heterocycles. The van der Waals surface area contributed by atoms with Gasteiger partial charge < -0.3 is 5.32 Å². The third kappa shape index (κ3) is 2.35. The van der Waals surface area contributed by atoms with E-state index in [1.165, 1.54) is 21.4 Å². The molecule has 0 aliphatic carbocycles. The largest absolute Gasteiger partial charge is 0.306 e. The average molecular weight is 282 g/mol. The van der Waals surface area contributed by atoms with Crippen molar-refractivity contribution in [3.63, 3.8) is 0 Å². The summed E-state index contributed by atoms with van der Waals surface area (Å²) >= 11 is 1.82. The highest BCUT2D eigenvalue weighted by molar-refractivity contribution is 7.10. The minimum Gasteiger partial charge on any atom is -0.306 e. The topological polar surface area (TPSA) is 24.9 Å². The lowest BCUT2D eigenvalue weighted by Gasteiger charge is -2.20. The van der Waals surface area contributed by atoms with Gasteiger partial charge in [0.25, 0.3) is 0 Å². The second-order valence-corrected chi connectivity index (χ2v) is 5.82. The molecule has 2 nitrogen and oxygen atoms in total. The molecule has 102 valence electrons. The molecule has 1 aromatic carbocycles. The fourth-order valence-corrected chi connectivity index (χ4v) is 3.62. The molecule has 3 aromatic rings. The molecule has 2 aromatic heterocycles. The van der Waals surface area contributed by atoms with E-state index < -0.39 is 0 Å². The van der Waals surface area contributed by atoms with Crippen molar-refractivity contribution >= 4 is 22.2 Å². The van der Waals surface area contributed by atoms with Crippen LogP contribution in [0.5, 0.6) is 0 Å². The fourth-order valence-electron chi connectivity index (χ4n) is 2.60. The van der Waals surface area contributed by atoms with Gasteiger partial charge >= 0.3 is 0 Å². The van der Waals surface area contributed by atoms with Crippen LogP contribution >= 0.6 is 11.3 Å². The zero-order valence-electron chi connectivity index (χ0n) is 11.8. The van der Waals surface area contributed by atoms with Gasteiger partial charge in [0.1, 0.15) is 0 Å². The molecular formula is C17H18N2S. The lowest BCUT2D eigenvalue weighted by molar-refractivity contribution is 0.640. The molecule has 0 saturated carbocycles. The second-order valence-electron chi connectivity index (χ2n) is 4.88. The number of thiophene rings is 1. The first-order valence-electron chi connectivity index (χ1n) is 6.92. The number of aromatic nitrogens is 1. The molecule has 1 unspecified atom stereocenters. The van der Waals surface area contributed by atoms with Crippen LogP contribution in [0.3, 0.4) is 0 Å². The molecule has 3 rings (SSSR count). The van der Waals surface area contributed by atoms with Crippen LogP contribution in [0.15, 0.2) is 48.0 Å². The van der Waals surface area contributed by atoms with E-state index in [-0.39, 0.29) is 6.04 Å². The molecule has 0 aliphatic rings. The van der Waals surface area contributed by atoms with Gasteiger partial charge in [-0.1, -0.05) is 25.1 Å². The van der Waals surface area contributed by atoms with Gasteiger partial charge in [0, 0.05) is 16.5 Å². The van der Waals surface area contributed by atoms with Gasteiger partial charge in [0.15, 0.2) is 0 Å². The van der Waals surface area contributed by atoms with E-state index in [9.17, 15) is 0 Å². The summed E-state index contributed by atoms with van der Waals surface area (Å²) in [7, 11) is 0. The van der Waals surface area contributed by atoms with E-state index in [0.717, 1.165) is 12.1 Å². The van der Waals surface area contributed by atoms with E-state index in [2.05, 4.69) is 59.9 Å². The van der Waals surface area contributed by atoms with Gasteiger partial charge in [0.2, 0.25) is 0 Å². The Morgan fingerprint density at radius 1 is 1.20 bits per heavy atom. The number of fused-ring (bicyclic) bond motifs is 1. The van der Waals surface area contributed by atoms with Crippen molar-refractivity contribution in [2.24, 2.45) is 0 Å². The summed E-state index contributed by atoms with van der Waals surface area (Å²) in [6, 6.07) is 12.9. The Labute approximate surface area is 123 Å². The quantitative estimate of drug-likeness (QED) is 0.771. The fraction of sp³-hybridized carbons (Fsp3) is 0.235. The summed E-state index contributed by atoms with van der Waals surface area (Å²) in [4.78, 5) is 5.86. The summed E-state index contributed by atoms with van der Waals surface area (Å²) in [5.74, 6) is 0. The number of nitrogens with one attached hydrogen (secondary N) is 1. The number of nitrogens with zero attached hydrogens (tertiary/aromatic N) is 1. The van der Waals surface area contributed by atoms with Crippen LogP contribution in [0.4, 0.5) is 0 Å². The molecule has 1 N–H and O–H groups in total. The summed E-state index contributed by atoms with van der Waals surface area (Å²) < 4.78 is 0. The highest BCUT2D eigenvalue weighted by Gasteiger charge is 2.18. The van der Waals surface area contributed by atoms with Crippen molar-refractivity contribution < 1.29 is 0 Å². The first-order valence-corrected chi connectivity index (χ1v) is 7.80. The van der Waals surface area contributed by atoms with E-state index in [1.807, 2.05) is 23.6 Å². The first-order chi connectivity index (χ1) is 9.81. The minimum absolute atomic E-state index is 0.243. The Morgan fingerprint density at radius 3 is 2.80 bits per heavy atom. The van der Waals surface area contributed by atoms with Crippen LogP contribution < -0.4 is 5.32 Å². The Balaban J connectivity index is 2.17. The molecule has 1 atom stereocenters. The molecule has 0 fully saturated rings. The Morgan fingerprint density at radius 2 is 2.05 bits per heavy atom. The number of para-hydroxylation sites is 1. The molecule has 0 bridgehead atoms. The third-order valence-electron chi connectivity index (χ3n) is 3.57. The van der Waals surface area contributed by atoms with Crippen molar-refractivity contribution in [3.8, 4) is 0 Å². The Hall–Kier alpha value is -1.71. The minimum atomic E-state index is 0.243. The van der Waals surface area contributed by atoms with E-state index in [4.69, 9.17) is 0 Å². The van der Waals surface area contributed by atoms with Crippen molar-refractivity contribution in [3.05, 3.63) is 64.0 Å². The number of benzene rings is 1. The van der Waals surface area contributed by atoms with Gasteiger partial charge in [-0.25, -0.2) is 0 Å². The summed E-state index contributed by atoms with van der Waals surface area (Å²) in [5, 5.41) is 7.01. The number of hydrogen-bond acceptors (Lipinski definition) is 3. The first kappa shape index (κ1) is 13.3. The maximum atomic E-state index is 4.46. The Bertz CT molecular complexity index is 712. The summed E-state index contributed by atoms with van der Waals surface area (Å²) in [5.41, 5.74) is 3.71. The van der Waals surface area contributed by atoms with Crippen LogP contribution in [0.2, 0.25) is 0 Å². The van der Waals surface area contributed by atoms with Crippen LogP contribution in [-0.2, 0) is 0 Å². The van der Waals surface area contributed by atoms with Gasteiger partial charge in [-0.2, -0.15) is 0 Å². The highest BCUT2D eigenvalue weighted by atomic mass is 32.1. The van der Waals surface area contributed by atoms with Crippen molar-refractivity contribution in [1.29, 1.82) is 0 Å². The maximum Gasteiger partial charge on any atom is 0.0705 e. The van der Waals surface area contributed by atoms with Crippen molar-refractivity contribution in [2.75, 3.05) is 6.54 Å². The van der Waals surface area contributed by atoms with Crippen LogP contribution in [0.1, 0.15) is 29.0 Å². The smallest absolute Gasteiger partial charge is 0.0705 e. The standard InChI is InChI=1S/C17H18N2S/c1-3-18-16(17-12(2)9-11-20-17)14-8-10-19-15-7-5-4-6-13(14)15/h4-11,16,18H,3H2,1-2H3. The van der Waals surface area contributed by atoms with Crippen molar-refractivity contribution in [1.82, 2.24) is 10.3 Å². The SMILES string of the molecule is CCNC(c1sccc1C)c1ccnc2ccccc12. The lowest BCUT2D eigenvalue weighted by atomic mass is 9.99. The van der Waals surface area contributed by atoms with Crippen LogP contribution in [0.25, 0.3) is 10.9 Å². The summed E-state index contributed by atoms with van der Waals surface area (Å²) in [6.45, 7) is 5.28. The maximum absolute atomic E-state index is 4.46. The zero-order valence-corrected chi connectivity index (χ0v) is 12.6. The second kappa shape index (κ2) is 5.73. The predicted octanol–water partition coefficient (Wildman–Crippen LogP) is 4.30. The molecule has 0 radical (unpaired) electrons. The van der Waals surface area contributed by atoms with Crippen LogP contribution in [0, 0.1) is 6.92 Å². The zero-order chi connectivity index (χ0) is 13.9. The normalized spacial score (nSPS) is 12.7. The highest BCUT2D eigenvalue weighted by Crippen LogP contribution is 2.32. The average Bonchev–Trinajstić information content (AvgIpc) is 2.90. The molecule has 2 heterocycles. The van der Waals surface area contributed by atoms with Crippen molar-refractivity contribution in [2.45, 2.75) is 19.9 Å². The van der Waals surface area contributed by atoms with Gasteiger partial charge in [-0.3, -0.25) is 4.98 Å². The Kier molecular flexibility index (Phi) is 3.81. The monoisotopic (exact) mass is 282 g/mol. The lowest BCUT2D eigenvalue weighted by Crippen LogP contribution is -2.22. The number of aryl methyl sites for hydroxylation is 1. The summed E-state index contributed by atoms with van der Waals surface area (Å²) in [6.07, 6.45) is 1.91. The van der Waals surface area contributed by atoms with Gasteiger partial charge in [-0.15, -0.1) is 11.3 Å².